The maximum atomic E-state index is 14.4. The van der Waals surface area contributed by atoms with Crippen molar-refractivity contribution in [2.75, 3.05) is 6.61 Å². The molecule has 22 heavy (non-hydrogen) atoms. The number of carboxylic acids is 1. The van der Waals surface area contributed by atoms with E-state index in [0.29, 0.717) is 0 Å². The summed E-state index contributed by atoms with van der Waals surface area (Å²) >= 11 is 11.4. The maximum absolute atomic E-state index is 14.4. The van der Waals surface area contributed by atoms with Gasteiger partial charge in [0.25, 0.3) is 0 Å². The minimum atomic E-state index is -1.45. The Kier molecular flexibility index (Phi) is 4.83. The third-order valence-electron chi connectivity index (χ3n) is 2.72. The van der Waals surface area contributed by atoms with Gasteiger partial charge in [0.1, 0.15) is 5.69 Å². The van der Waals surface area contributed by atoms with Gasteiger partial charge in [-0.3, -0.25) is 0 Å². The van der Waals surface area contributed by atoms with Crippen molar-refractivity contribution in [3.8, 4) is 17.0 Å². The molecule has 0 unspecified atom stereocenters. The second-order valence-corrected chi connectivity index (χ2v) is 4.94. The Bertz CT molecular complexity index is 753. The highest BCUT2D eigenvalue weighted by atomic mass is 35.5. The van der Waals surface area contributed by atoms with Crippen LogP contribution in [0.3, 0.4) is 0 Å². The van der Waals surface area contributed by atoms with Crippen LogP contribution in [0.4, 0.5) is 8.78 Å². The van der Waals surface area contributed by atoms with E-state index < -0.39 is 29.0 Å². The summed E-state index contributed by atoms with van der Waals surface area (Å²) in [7, 11) is 0. The molecule has 1 aromatic heterocycles. The van der Waals surface area contributed by atoms with Crippen molar-refractivity contribution in [1.29, 1.82) is 0 Å². The van der Waals surface area contributed by atoms with Gasteiger partial charge in [-0.1, -0.05) is 23.2 Å². The SMILES string of the molecule is CCOc1c(Cl)ccc(-c2nc(C(=O)O)c(Cl)cc2F)c1F. The monoisotopic (exact) mass is 347 g/mol. The molecule has 2 rings (SSSR count). The van der Waals surface area contributed by atoms with E-state index in [0.717, 1.165) is 6.07 Å². The Hall–Kier alpha value is -1.92. The average Bonchev–Trinajstić information content (AvgIpc) is 2.44. The molecule has 0 aliphatic carbocycles. The lowest BCUT2D eigenvalue weighted by molar-refractivity contribution is 0.0690. The summed E-state index contributed by atoms with van der Waals surface area (Å²) in [6, 6.07) is 3.26. The number of hydrogen-bond donors (Lipinski definition) is 1. The zero-order chi connectivity index (χ0) is 16.4. The standard InChI is InChI=1S/C14H9Cl2F2NO3/c1-2-22-13-7(15)4-3-6(10(13)18)11-9(17)5-8(16)12(19-11)14(20)21/h3-5H,2H2,1H3,(H,20,21). The smallest absolute Gasteiger partial charge is 0.356 e. The van der Waals surface area contributed by atoms with E-state index in [-0.39, 0.29) is 28.0 Å². The number of pyridine rings is 1. The highest BCUT2D eigenvalue weighted by molar-refractivity contribution is 6.33. The number of aromatic nitrogens is 1. The molecular weight excluding hydrogens is 339 g/mol. The molecule has 0 saturated heterocycles. The normalized spacial score (nSPS) is 10.6. The summed E-state index contributed by atoms with van der Waals surface area (Å²) in [6.45, 7) is 1.78. The van der Waals surface area contributed by atoms with Crippen LogP contribution in [0.1, 0.15) is 17.4 Å². The van der Waals surface area contributed by atoms with Gasteiger partial charge in [0.05, 0.1) is 16.7 Å². The van der Waals surface area contributed by atoms with E-state index >= 15 is 0 Å². The van der Waals surface area contributed by atoms with E-state index in [1.807, 2.05) is 0 Å². The molecular formula is C14H9Cl2F2NO3. The largest absolute Gasteiger partial charge is 0.489 e. The first-order valence-electron chi connectivity index (χ1n) is 6.07. The fraction of sp³-hybridized carbons (Fsp3) is 0.143. The van der Waals surface area contributed by atoms with Crippen molar-refractivity contribution in [1.82, 2.24) is 4.98 Å². The minimum absolute atomic E-state index is 0.0101. The van der Waals surface area contributed by atoms with Gasteiger partial charge in [-0.15, -0.1) is 0 Å². The van der Waals surface area contributed by atoms with Crippen molar-refractivity contribution in [2.24, 2.45) is 0 Å². The van der Waals surface area contributed by atoms with Crippen LogP contribution in [-0.2, 0) is 0 Å². The number of halogens is 4. The molecule has 0 amide bonds. The number of ether oxygens (including phenoxy) is 1. The molecule has 1 heterocycles. The van der Waals surface area contributed by atoms with Gasteiger partial charge >= 0.3 is 5.97 Å². The van der Waals surface area contributed by atoms with Gasteiger partial charge in [-0.05, 0) is 25.1 Å². The molecule has 8 heteroatoms. The number of benzene rings is 1. The Labute approximate surface area is 134 Å². The highest BCUT2D eigenvalue weighted by Gasteiger charge is 2.22. The van der Waals surface area contributed by atoms with Crippen molar-refractivity contribution in [3.63, 3.8) is 0 Å². The van der Waals surface area contributed by atoms with Crippen molar-refractivity contribution in [2.45, 2.75) is 6.92 Å². The van der Waals surface area contributed by atoms with Crippen LogP contribution in [0.15, 0.2) is 18.2 Å². The van der Waals surface area contributed by atoms with Crippen molar-refractivity contribution >= 4 is 29.2 Å². The fourth-order valence-electron chi connectivity index (χ4n) is 1.80. The molecule has 0 aliphatic rings. The van der Waals surface area contributed by atoms with Crippen LogP contribution in [0.25, 0.3) is 11.3 Å². The summed E-state index contributed by atoms with van der Waals surface area (Å²) in [4.78, 5) is 14.6. The predicted octanol–water partition coefficient (Wildman–Crippen LogP) is 4.43. The van der Waals surface area contributed by atoms with Crippen molar-refractivity contribution < 1.29 is 23.4 Å². The van der Waals surface area contributed by atoms with Gasteiger partial charge < -0.3 is 9.84 Å². The minimum Gasteiger partial charge on any atom is -0.489 e. The van der Waals surface area contributed by atoms with Gasteiger partial charge in [-0.25, -0.2) is 18.6 Å². The van der Waals surface area contributed by atoms with Gasteiger partial charge in [0.2, 0.25) is 0 Å². The molecule has 0 atom stereocenters. The number of carbonyl (C=O) groups is 1. The summed E-state index contributed by atoms with van der Waals surface area (Å²) in [5, 5.41) is 8.60. The molecule has 0 bridgehead atoms. The first kappa shape index (κ1) is 16.5. The fourth-order valence-corrected chi connectivity index (χ4v) is 2.22. The molecule has 1 N–H and O–H groups in total. The molecule has 0 fully saturated rings. The van der Waals surface area contributed by atoms with Gasteiger partial charge in [0, 0.05) is 5.56 Å². The van der Waals surface area contributed by atoms with Crippen LogP contribution in [0.5, 0.6) is 5.75 Å². The average molecular weight is 348 g/mol. The first-order valence-corrected chi connectivity index (χ1v) is 6.82. The summed E-state index contributed by atoms with van der Waals surface area (Å²) in [5.41, 5.74) is -1.34. The summed E-state index contributed by atoms with van der Waals surface area (Å²) in [6.07, 6.45) is 0. The summed E-state index contributed by atoms with van der Waals surface area (Å²) in [5.74, 6) is -3.60. The van der Waals surface area contributed by atoms with E-state index in [4.69, 9.17) is 33.0 Å². The lowest BCUT2D eigenvalue weighted by Crippen LogP contribution is -2.06. The van der Waals surface area contributed by atoms with Gasteiger partial charge in [0.15, 0.2) is 23.1 Å². The van der Waals surface area contributed by atoms with Crippen LogP contribution < -0.4 is 4.74 Å². The Balaban J connectivity index is 2.69. The van der Waals surface area contributed by atoms with Crippen LogP contribution in [-0.4, -0.2) is 22.7 Å². The number of rotatable bonds is 4. The second kappa shape index (κ2) is 6.46. The molecule has 0 aliphatic heterocycles. The molecule has 0 saturated carbocycles. The van der Waals surface area contributed by atoms with Crippen LogP contribution >= 0.6 is 23.2 Å². The second-order valence-electron chi connectivity index (χ2n) is 4.13. The van der Waals surface area contributed by atoms with E-state index in [1.165, 1.54) is 12.1 Å². The zero-order valence-corrected chi connectivity index (χ0v) is 12.7. The number of carboxylic acid groups (broad SMARTS) is 1. The molecule has 2 aromatic rings. The quantitative estimate of drug-likeness (QED) is 0.888. The van der Waals surface area contributed by atoms with E-state index in [1.54, 1.807) is 6.92 Å². The molecule has 4 nitrogen and oxygen atoms in total. The van der Waals surface area contributed by atoms with E-state index in [2.05, 4.69) is 4.98 Å². The maximum Gasteiger partial charge on any atom is 0.356 e. The Morgan fingerprint density at radius 3 is 2.59 bits per heavy atom. The topological polar surface area (TPSA) is 59.4 Å². The van der Waals surface area contributed by atoms with Gasteiger partial charge in [-0.2, -0.15) is 0 Å². The number of aromatic carboxylic acids is 1. The van der Waals surface area contributed by atoms with Crippen LogP contribution in [0.2, 0.25) is 10.0 Å². The molecule has 116 valence electrons. The predicted molar refractivity (Wildman–Crippen MR) is 77.7 cm³/mol. The summed E-state index contributed by atoms with van der Waals surface area (Å²) < 4.78 is 33.5. The van der Waals surface area contributed by atoms with Crippen LogP contribution in [0, 0.1) is 11.6 Å². The third-order valence-corrected chi connectivity index (χ3v) is 3.31. The molecule has 0 radical (unpaired) electrons. The van der Waals surface area contributed by atoms with Crippen molar-refractivity contribution in [3.05, 3.63) is 45.6 Å². The highest BCUT2D eigenvalue weighted by Crippen LogP contribution is 2.36. The van der Waals surface area contributed by atoms with E-state index in [9.17, 15) is 13.6 Å². The lowest BCUT2D eigenvalue weighted by atomic mass is 10.1. The number of hydrogen-bond acceptors (Lipinski definition) is 3. The third kappa shape index (κ3) is 2.98. The number of nitrogens with zero attached hydrogens (tertiary/aromatic N) is 1. The Morgan fingerprint density at radius 2 is 2.00 bits per heavy atom. The lowest BCUT2D eigenvalue weighted by Gasteiger charge is -2.11. The first-order chi connectivity index (χ1) is 10.4. The molecule has 1 aromatic carbocycles. The Morgan fingerprint density at radius 1 is 1.32 bits per heavy atom. The zero-order valence-electron chi connectivity index (χ0n) is 11.2. The molecule has 0 spiro atoms.